The number of carbonyl (C=O) groups excluding carboxylic acids is 3. The van der Waals surface area contributed by atoms with Gasteiger partial charge in [-0.3, -0.25) is 14.5 Å². The Kier molecular flexibility index (Phi) is 2.80. The number of imide groups is 1. The smallest absolute Gasteiger partial charge is 0.324 e. The van der Waals surface area contributed by atoms with Crippen molar-refractivity contribution in [1.29, 1.82) is 0 Å². The summed E-state index contributed by atoms with van der Waals surface area (Å²) in [5.74, 6) is -0.115. The molecule has 6 nitrogen and oxygen atoms in total. The van der Waals surface area contributed by atoms with Crippen molar-refractivity contribution in [3.8, 4) is 0 Å². The van der Waals surface area contributed by atoms with Crippen LogP contribution >= 0.6 is 0 Å². The first kappa shape index (κ1) is 10.9. The Morgan fingerprint density at radius 2 is 2.25 bits per heavy atom. The van der Waals surface area contributed by atoms with Crippen molar-refractivity contribution in [1.82, 2.24) is 15.1 Å². The van der Waals surface area contributed by atoms with Gasteiger partial charge in [0.2, 0.25) is 11.8 Å². The molecule has 0 aliphatic carbocycles. The van der Waals surface area contributed by atoms with Gasteiger partial charge in [0.1, 0.15) is 0 Å². The highest BCUT2D eigenvalue weighted by Crippen LogP contribution is 2.18. The third-order valence-corrected chi connectivity index (χ3v) is 3.06. The average molecular weight is 225 g/mol. The van der Waals surface area contributed by atoms with Crippen LogP contribution in [0.25, 0.3) is 0 Å². The van der Waals surface area contributed by atoms with Crippen molar-refractivity contribution in [2.75, 3.05) is 19.6 Å². The predicted molar refractivity (Wildman–Crippen MR) is 55.5 cm³/mol. The molecule has 1 unspecified atom stereocenters. The quantitative estimate of drug-likeness (QED) is 0.647. The van der Waals surface area contributed by atoms with Crippen LogP contribution in [-0.2, 0) is 9.59 Å². The molecule has 4 amide bonds. The Labute approximate surface area is 93.6 Å². The summed E-state index contributed by atoms with van der Waals surface area (Å²) in [6.07, 6.45) is 1.15. The van der Waals surface area contributed by atoms with Gasteiger partial charge in [-0.2, -0.15) is 0 Å². The van der Waals surface area contributed by atoms with Crippen LogP contribution in [-0.4, -0.2) is 53.3 Å². The molecule has 1 atom stereocenters. The Morgan fingerprint density at radius 1 is 1.50 bits per heavy atom. The van der Waals surface area contributed by atoms with Gasteiger partial charge < -0.3 is 10.2 Å². The molecule has 0 bridgehead atoms. The number of likely N-dealkylation sites (tertiary alicyclic amines) is 1. The molecule has 0 aromatic rings. The summed E-state index contributed by atoms with van der Waals surface area (Å²) in [7, 11) is 0. The second kappa shape index (κ2) is 4.11. The number of carbonyl (C=O) groups is 3. The van der Waals surface area contributed by atoms with Gasteiger partial charge in [-0.25, -0.2) is 4.79 Å². The fourth-order valence-corrected chi connectivity index (χ4v) is 2.21. The monoisotopic (exact) mass is 225 g/mol. The minimum atomic E-state index is -0.333. The third-order valence-electron chi connectivity index (χ3n) is 3.06. The average Bonchev–Trinajstić information content (AvgIpc) is 2.85. The van der Waals surface area contributed by atoms with Gasteiger partial charge in [-0.15, -0.1) is 0 Å². The van der Waals surface area contributed by atoms with Gasteiger partial charge in [0.05, 0.1) is 12.6 Å². The molecule has 2 heterocycles. The maximum absolute atomic E-state index is 11.5. The Hall–Kier alpha value is -1.59. The lowest BCUT2D eigenvalue weighted by atomic mass is 10.2. The molecule has 0 radical (unpaired) electrons. The summed E-state index contributed by atoms with van der Waals surface area (Å²) in [6, 6.07) is -0.480. The zero-order chi connectivity index (χ0) is 11.7. The van der Waals surface area contributed by atoms with Crippen molar-refractivity contribution in [2.24, 2.45) is 0 Å². The lowest BCUT2D eigenvalue weighted by Gasteiger charge is -2.21. The van der Waals surface area contributed by atoms with Crippen molar-refractivity contribution in [2.45, 2.75) is 25.8 Å². The van der Waals surface area contributed by atoms with Crippen LogP contribution in [0.1, 0.15) is 19.8 Å². The SMILES string of the molecule is CCC(=O)N1CCC(N2C(=O)CNC2=O)C1. The van der Waals surface area contributed by atoms with Crippen LogP contribution in [0.15, 0.2) is 0 Å². The van der Waals surface area contributed by atoms with Crippen molar-refractivity contribution >= 4 is 17.8 Å². The van der Waals surface area contributed by atoms with Crippen LogP contribution in [0.4, 0.5) is 4.79 Å². The lowest BCUT2D eigenvalue weighted by Crippen LogP contribution is -2.42. The van der Waals surface area contributed by atoms with E-state index >= 15 is 0 Å². The normalized spacial score (nSPS) is 25.2. The highest BCUT2D eigenvalue weighted by molar-refractivity contribution is 6.02. The van der Waals surface area contributed by atoms with E-state index < -0.39 is 0 Å². The minimum Gasteiger partial charge on any atom is -0.341 e. The molecule has 0 saturated carbocycles. The van der Waals surface area contributed by atoms with Crippen molar-refractivity contribution < 1.29 is 14.4 Å². The maximum atomic E-state index is 11.5. The first-order chi connectivity index (χ1) is 7.63. The zero-order valence-electron chi connectivity index (χ0n) is 9.23. The largest absolute Gasteiger partial charge is 0.341 e. The molecule has 0 aromatic heterocycles. The van der Waals surface area contributed by atoms with Crippen molar-refractivity contribution in [3.05, 3.63) is 0 Å². The molecule has 0 spiro atoms. The number of hydrogen-bond acceptors (Lipinski definition) is 3. The fourth-order valence-electron chi connectivity index (χ4n) is 2.21. The Balaban J connectivity index is 2.00. The molecule has 2 aliphatic heterocycles. The van der Waals surface area contributed by atoms with E-state index in [1.165, 1.54) is 4.90 Å². The van der Waals surface area contributed by atoms with E-state index in [1.54, 1.807) is 4.90 Å². The summed E-state index contributed by atoms with van der Waals surface area (Å²) < 4.78 is 0. The number of nitrogens with zero attached hydrogens (tertiary/aromatic N) is 2. The summed E-state index contributed by atoms with van der Waals surface area (Å²) in [4.78, 5) is 37.3. The maximum Gasteiger partial charge on any atom is 0.324 e. The van der Waals surface area contributed by atoms with E-state index in [2.05, 4.69) is 5.32 Å². The third kappa shape index (κ3) is 1.75. The van der Waals surface area contributed by atoms with Crippen LogP contribution in [0.2, 0.25) is 0 Å². The summed E-state index contributed by atoms with van der Waals surface area (Å²) in [6.45, 7) is 3.00. The molecule has 0 aromatic carbocycles. The van der Waals surface area contributed by atoms with Crippen molar-refractivity contribution in [3.63, 3.8) is 0 Å². The van der Waals surface area contributed by atoms with Gasteiger partial charge in [0, 0.05) is 19.5 Å². The van der Waals surface area contributed by atoms with Gasteiger partial charge in [0.25, 0.3) is 0 Å². The van der Waals surface area contributed by atoms with Crippen LogP contribution < -0.4 is 5.32 Å². The Bertz CT molecular complexity index is 326. The molecule has 88 valence electrons. The van der Waals surface area contributed by atoms with E-state index in [0.717, 1.165) is 0 Å². The number of urea groups is 1. The molecule has 2 saturated heterocycles. The van der Waals surface area contributed by atoms with E-state index in [1.807, 2.05) is 6.92 Å². The topological polar surface area (TPSA) is 69.7 Å². The number of nitrogens with one attached hydrogen (secondary N) is 1. The van der Waals surface area contributed by atoms with E-state index in [9.17, 15) is 14.4 Å². The van der Waals surface area contributed by atoms with E-state index in [4.69, 9.17) is 0 Å². The fraction of sp³-hybridized carbons (Fsp3) is 0.700. The van der Waals surface area contributed by atoms with Gasteiger partial charge in [-0.05, 0) is 6.42 Å². The molecule has 6 heteroatoms. The molecular formula is C10H15N3O3. The highest BCUT2D eigenvalue weighted by Gasteiger charge is 2.39. The molecule has 2 fully saturated rings. The van der Waals surface area contributed by atoms with E-state index in [-0.39, 0.29) is 30.4 Å². The molecule has 2 aliphatic rings. The standard InChI is InChI=1S/C10H15N3O3/c1-2-8(14)12-4-3-7(6-12)13-9(15)5-11-10(13)16/h7H,2-6H2,1H3,(H,11,16). The summed E-state index contributed by atoms with van der Waals surface area (Å²) in [5, 5.41) is 2.49. The molecule has 2 rings (SSSR count). The number of amides is 4. The molecule has 16 heavy (non-hydrogen) atoms. The van der Waals surface area contributed by atoms with Crippen LogP contribution in [0, 0.1) is 0 Å². The second-order valence-electron chi connectivity index (χ2n) is 4.06. The molecular weight excluding hydrogens is 210 g/mol. The lowest BCUT2D eigenvalue weighted by molar-refractivity contribution is -0.131. The van der Waals surface area contributed by atoms with Crippen LogP contribution in [0.3, 0.4) is 0 Å². The minimum absolute atomic E-state index is 0.0783. The zero-order valence-corrected chi connectivity index (χ0v) is 9.23. The highest BCUT2D eigenvalue weighted by atomic mass is 16.2. The van der Waals surface area contributed by atoms with Gasteiger partial charge in [0.15, 0.2) is 0 Å². The number of hydrogen-bond donors (Lipinski definition) is 1. The predicted octanol–water partition coefficient (Wildman–Crippen LogP) is -0.451. The first-order valence-corrected chi connectivity index (χ1v) is 5.51. The summed E-state index contributed by atoms with van der Waals surface area (Å²) in [5.41, 5.74) is 0. The Morgan fingerprint density at radius 3 is 2.81 bits per heavy atom. The molecule has 1 N–H and O–H groups in total. The van der Waals surface area contributed by atoms with Gasteiger partial charge >= 0.3 is 6.03 Å². The first-order valence-electron chi connectivity index (χ1n) is 5.51. The van der Waals surface area contributed by atoms with E-state index in [0.29, 0.717) is 25.9 Å². The number of rotatable bonds is 2. The van der Waals surface area contributed by atoms with Crippen LogP contribution in [0.5, 0.6) is 0 Å². The second-order valence-corrected chi connectivity index (χ2v) is 4.06. The van der Waals surface area contributed by atoms with Gasteiger partial charge in [-0.1, -0.05) is 6.92 Å². The summed E-state index contributed by atoms with van der Waals surface area (Å²) >= 11 is 0.